The van der Waals surface area contributed by atoms with Crippen molar-refractivity contribution in [2.75, 3.05) is 7.11 Å². The van der Waals surface area contributed by atoms with Crippen LogP contribution in [0.1, 0.15) is 0 Å². The summed E-state index contributed by atoms with van der Waals surface area (Å²) in [6, 6.07) is 9.94. The van der Waals surface area contributed by atoms with Crippen molar-refractivity contribution in [3.63, 3.8) is 0 Å². The normalized spacial score (nSPS) is 10.6. The van der Waals surface area contributed by atoms with Crippen LogP contribution in [-0.2, 0) is 0 Å². The lowest BCUT2D eigenvalue weighted by molar-refractivity contribution is 0.415. The topological polar surface area (TPSA) is 50.8 Å². The van der Waals surface area contributed by atoms with Crippen molar-refractivity contribution in [2.24, 2.45) is 0 Å². The molecule has 3 aromatic rings. The summed E-state index contributed by atoms with van der Waals surface area (Å²) in [7, 11) is 1.66. The molecule has 0 aliphatic heterocycles. The molecule has 0 aliphatic rings. The number of H-pyrrole nitrogens is 1. The molecule has 0 unspecified atom stereocenters. The van der Waals surface area contributed by atoms with E-state index in [4.69, 9.17) is 4.74 Å². The summed E-state index contributed by atoms with van der Waals surface area (Å²) in [4.78, 5) is 4.34. The first-order valence-electron chi connectivity index (χ1n) is 5.30. The van der Waals surface area contributed by atoms with Gasteiger partial charge in [-0.05, 0) is 23.8 Å². The van der Waals surface area contributed by atoms with Crippen LogP contribution >= 0.6 is 0 Å². The van der Waals surface area contributed by atoms with Crippen LogP contribution in [0, 0.1) is 0 Å². The Morgan fingerprint density at radius 1 is 1.06 bits per heavy atom. The van der Waals surface area contributed by atoms with E-state index in [0.717, 1.165) is 27.9 Å². The molecule has 2 aromatic heterocycles. The number of fused-ring (bicyclic) bond motifs is 1. The van der Waals surface area contributed by atoms with E-state index in [1.807, 2.05) is 36.5 Å². The molecule has 4 heteroatoms. The Hall–Kier alpha value is -2.36. The maximum Gasteiger partial charge on any atom is 0.118 e. The van der Waals surface area contributed by atoms with Gasteiger partial charge in [-0.2, -0.15) is 5.10 Å². The zero-order valence-electron chi connectivity index (χ0n) is 9.34. The van der Waals surface area contributed by atoms with Gasteiger partial charge in [-0.15, -0.1) is 0 Å². The lowest BCUT2D eigenvalue weighted by Crippen LogP contribution is -1.84. The molecule has 3 rings (SSSR count). The Morgan fingerprint density at radius 2 is 1.88 bits per heavy atom. The molecule has 0 radical (unpaired) electrons. The monoisotopic (exact) mass is 225 g/mol. The van der Waals surface area contributed by atoms with Gasteiger partial charge >= 0.3 is 0 Å². The van der Waals surface area contributed by atoms with Gasteiger partial charge < -0.3 is 4.74 Å². The first kappa shape index (κ1) is 9.84. The molecule has 0 aliphatic carbocycles. The minimum atomic E-state index is 0.851. The van der Waals surface area contributed by atoms with E-state index in [-0.39, 0.29) is 0 Å². The summed E-state index contributed by atoms with van der Waals surface area (Å²) in [5.41, 5.74) is 3.99. The van der Waals surface area contributed by atoms with Gasteiger partial charge in [0.1, 0.15) is 11.3 Å². The van der Waals surface area contributed by atoms with Crippen LogP contribution < -0.4 is 4.74 Å². The van der Waals surface area contributed by atoms with E-state index in [0.29, 0.717) is 0 Å². The van der Waals surface area contributed by atoms with Crippen molar-refractivity contribution in [2.45, 2.75) is 0 Å². The van der Waals surface area contributed by atoms with Gasteiger partial charge in [0.15, 0.2) is 0 Å². The molecule has 0 amide bonds. The van der Waals surface area contributed by atoms with Crippen LogP contribution in [0.2, 0.25) is 0 Å². The van der Waals surface area contributed by atoms with Crippen LogP contribution in [0.3, 0.4) is 0 Å². The smallest absolute Gasteiger partial charge is 0.118 e. The molecule has 0 bridgehead atoms. The van der Waals surface area contributed by atoms with Crippen molar-refractivity contribution in [1.82, 2.24) is 15.2 Å². The summed E-state index contributed by atoms with van der Waals surface area (Å²) >= 11 is 0. The van der Waals surface area contributed by atoms with Gasteiger partial charge in [0.25, 0.3) is 0 Å². The predicted molar refractivity (Wildman–Crippen MR) is 65.9 cm³/mol. The minimum absolute atomic E-state index is 0.851. The fourth-order valence-corrected chi connectivity index (χ4v) is 1.77. The number of ether oxygens (including phenoxy) is 1. The Morgan fingerprint density at radius 3 is 2.65 bits per heavy atom. The van der Waals surface area contributed by atoms with Crippen LogP contribution in [0.25, 0.3) is 22.2 Å². The van der Waals surface area contributed by atoms with Crippen LogP contribution in [0.4, 0.5) is 0 Å². The van der Waals surface area contributed by atoms with Crippen molar-refractivity contribution in [3.05, 3.63) is 42.7 Å². The van der Waals surface area contributed by atoms with E-state index in [9.17, 15) is 0 Å². The zero-order chi connectivity index (χ0) is 11.7. The molecular weight excluding hydrogens is 214 g/mol. The highest BCUT2D eigenvalue weighted by atomic mass is 16.5. The first-order chi connectivity index (χ1) is 8.36. The van der Waals surface area contributed by atoms with E-state index in [2.05, 4.69) is 15.2 Å². The lowest BCUT2D eigenvalue weighted by atomic mass is 10.1. The van der Waals surface area contributed by atoms with Gasteiger partial charge in [-0.3, -0.25) is 10.1 Å². The van der Waals surface area contributed by atoms with Crippen molar-refractivity contribution in [3.8, 4) is 16.9 Å². The van der Waals surface area contributed by atoms with Crippen LogP contribution in [-0.4, -0.2) is 22.3 Å². The predicted octanol–water partition coefficient (Wildman–Crippen LogP) is 2.63. The third-order valence-corrected chi connectivity index (χ3v) is 2.71. The Labute approximate surface area is 98.3 Å². The fourth-order valence-electron chi connectivity index (χ4n) is 1.77. The van der Waals surface area contributed by atoms with Gasteiger partial charge in [-0.1, -0.05) is 12.1 Å². The molecule has 0 saturated heterocycles. The van der Waals surface area contributed by atoms with Crippen LogP contribution in [0.15, 0.2) is 42.7 Å². The molecule has 0 fully saturated rings. The van der Waals surface area contributed by atoms with E-state index in [1.54, 1.807) is 13.3 Å². The molecule has 0 spiro atoms. The third-order valence-electron chi connectivity index (χ3n) is 2.71. The molecule has 0 saturated carbocycles. The van der Waals surface area contributed by atoms with E-state index < -0.39 is 0 Å². The second-order valence-electron chi connectivity index (χ2n) is 3.76. The number of aromatic nitrogens is 3. The largest absolute Gasteiger partial charge is 0.497 e. The minimum Gasteiger partial charge on any atom is -0.497 e. The van der Waals surface area contributed by atoms with Gasteiger partial charge in [0.2, 0.25) is 0 Å². The number of benzene rings is 1. The number of nitrogens with one attached hydrogen (secondary N) is 1. The highest BCUT2D eigenvalue weighted by Gasteiger charge is 2.02. The number of methoxy groups -OCH3 is 1. The van der Waals surface area contributed by atoms with E-state index in [1.165, 1.54) is 0 Å². The molecule has 84 valence electrons. The van der Waals surface area contributed by atoms with Gasteiger partial charge in [0, 0.05) is 11.8 Å². The summed E-state index contributed by atoms with van der Waals surface area (Å²) < 4.78 is 5.13. The van der Waals surface area contributed by atoms with Gasteiger partial charge in [-0.25, -0.2) is 0 Å². The maximum atomic E-state index is 5.13. The first-order valence-corrected chi connectivity index (χ1v) is 5.30. The number of aromatic amines is 1. The Kier molecular flexibility index (Phi) is 2.26. The summed E-state index contributed by atoms with van der Waals surface area (Å²) in [6.07, 6.45) is 3.56. The average molecular weight is 225 g/mol. The third kappa shape index (κ3) is 1.73. The highest BCUT2D eigenvalue weighted by molar-refractivity contribution is 5.79. The van der Waals surface area contributed by atoms with Crippen molar-refractivity contribution >= 4 is 11.0 Å². The summed E-state index contributed by atoms with van der Waals surface area (Å²) in [6.45, 7) is 0. The summed E-state index contributed by atoms with van der Waals surface area (Å²) in [5.74, 6) is 0.851. The van der Waals surface area contributed by atoms with Crippen molar-refractivity contribution in [1.29, 1.82) is 0 Å². The molecule has 0 atom stereocenters. The highest BCUT2D eigenvalue weighted by Crippen LogP contribution is 2.23. The number of hydrogen-bond donors (Lipinski definition) is 1. The second kappa shape index (κ2) is 3.90. The molecule has 4 nitrogen and oxygen atoms in total. The second-order valence-corrected chi connectivity index (χ2v) is 3.76. The number of hydrogen-bond acceptors (Lipinski definition) is 3. The quantitative estimate of drug-likeness (QED) is 0.729. The van der Waals surface area contributed by atoms with Crippen molar-refractivity contribution < 1.29 is 4.74 Å². The Bertz CT molecular complexity index is 643. The summed E-state index contributed by atoms with van der Waals surface area (Å²) in [5, 5.41) is 6.87. The fraction of sp³-hybridized carbons (Fsp3) is 0.0769. The Balaban J connectivity index is 2.06. The van der Waals surface area contributed by atoms with Gasteiger partial charge in [0.05, 0.1) is 18.8 Å². The lowest BCUT2D eigenvalue weighted by Gasteiger charge is -2.03. The molecule has 1 aromatic carbocycles. The molecule has 17 heavy (non-hydrogen) atoms. The number of nitrogens with zero attached hydrogens (tertiary/aromatic N) is 2. The van der Waals surface area contributed by atoms with E-state index >= 15 is 0 Å². The zero-order valence-corrected chi connectivity index (χ0v) is 9.34. The molecular formula is C13H11N3O. The number of rotatable bonds is 2. The SMILES string of the molecule is COc1ccc(-c2cnc3cn[nH]c3c2)cc1. The van der Waals surface area contributed by atoms with Crippen LogP contribution in [0.5, 0.6) is 5.75 Å². The molecule has 2 heterocycles. The molecule has 1 N–H and O–H groups in total. The average Bonchev–Trinajstić information content (AvgIpc) is 2.86. The standard InChI is InChI=1S/C13H11N3O/c1-17-11-4-2-9(3-5-11)10-6-12-13(14-7-10)8-15-16-12/h2-8H,1H3,(H,15,16). The maximum absolute atomic E-state index is 5.13. The number of pyridine rings is 1.